The Balaban J connectivity index is 1.61. The standard InChI is InChI=1S/C26H26O6/c1-14(28)24-22(30)12-18(20(13-27)26(24)32)7-15-8-19-10-17(16-5-3-2-4-6-16)11-23(31)25(19)21(29)9-15/h2-6,10-11,15,18,20,27,30-31H,7-9,12-13H2,1H3. The molecule has 2 aromatic carbocycles. The molecule has 166 valence electrons. The minimum atomic E-state index is -0.773. The van der Waals surface area contributed by atoms with Gasteiger partial charge in [-0.05, 0) is 54.4 Å². The van der Waals surface area contributed by atoms with Crippen molar-refractivity contribution in [2.45, 2.75) is 32.6 Å². The van der Waals surface area contributed by atoms with Crippen molar-refractivity contribution in [1.82, 2.24) is 0 Å². The van der Waals surface area contributed by atoms with Crippen molar-refractivity contribution < 1.29 is 29.7 Å². The van der Waals surface area contributed by atoms with Crippen LogP contribution in [0.4, 0.5) is 0 Å². The van der Waals surface area contributed by atoms with E-state index in [-0.39, 0.29) is 47.5 Å². The quantitative estimate of drug-likeness (QED) is 0.617. The van der Waals surface area contributed by atoms with E-state index in [9.17, 15) is 29.7 Å². The Kier molecular flexibility index (Phi) is 5.98. The van der Waals surface area contributed by atoms with Crippen molar-refractivity contribution in [2.75, 3.05) is 6.61 Å². The van der Waals surface area contributed by atoms with Gasteiger partial charge < -0.3 is 15.3 Å². The van der Waals surface area contributed by atoms with Crippen LogP contribution in [0.1, 0.15) is 42.1 Å². The minimum Gasteiger partial charge on any atom is -0.511 e. The van der Waals surface area contributed by atoms with Gasteiger partial charge in [0.15, 0.2) is 17.3 Å². The van der Waals surface area contributed by atoms with Gasteiger partial charge in [-0.2, -0.15) is 0 Å². The lowest BCUT2D eigenvalue weighted by atomic mass is 9.70. The number of benzene rings is 2. The van der Waals surface area contributed by atoms with Crippen LogP contribution in [0.15, 0.2) is 53.8 Å². The number of phenols is 1. The van der Waals surface area contributed by atoms with Crippen LogP contribution in [0.25, 0.3) is 11.1 Å². The van der Waals surface area contributed by atoms with Crippen LogP contribution in [0.3, 0.4) is 0 Å². The second-order valence-electron chi connectivity index (χ2n) is 8.82. The Labute approximate surface area is 186 Å². The van der Waals surface area contributed by atoms with Gasteiger partial charge in [0.25, 0.3) is 0 Å². The number of hydrogen-bond acceptors (Lipinski definition) is 6. The van der Waals surface area contributed by atoms with Crippen LogP contribution in [0.2, 0.25) is 0 Å². The Morgan fingerprint density at radius 3 is 2.38 bits per heavy atom. The molecule has 4 rings (SSSR count). The van der Waals surface area contributed by atoms with E-state index >= 15 is 0 Å². The maximum absolute atomic E-state index is 12.8. The number of hydrogen-bond donors (Lipinski definition) is 3. The number of carbonyl (C=O) groups excluding carboxylic acids is 3. The second kappa shape index (κ2) is 8.71. The van der Waals surface area contributed by atoms with Gasteiger partial charge in [-0.3, -0.25) is 14.4 Å². The maximum atomic E-state index is 12.8. The molecular weight excluding hydrogens is 408 g/mol. The molecule has 0 saturated heterocycles. The lowest BCUT2D eigenvalue weighted by Crippen LogP contribution is -2.37. The molecule has 3 atom stereocenters. The van der Waals surface area contributed by atoms with E-state index < -0.39 is 24.1 Å². The number of allylic oxidation sites excluding steroid dienone is 2. The Morgan fingerprint density at radius 2 is 1.72 bits per heavy atom. The summed E-state index contributed by atoms with van der Waals surface area (Å²) in [6, 6.07) is 13.1. The Hall–Kier alpha value is -3.25. The van der Waals surface area contributed by atoms with Gasteiger partial charge in [0.2, 0.25) is 0 Å². The molecule has 3 unspecified atom stereocenters. The average molecular weight is 434 g/mol. The molecule has 0 aliphatic heterocycles. The molecule has 0 aromatic heterocycles. The molecule has 3 N–H and O–H groups in total. The first kappa shape index (κ1) is 22.0. The van der Waals surface area contributed by atoms with E-state index in [4.69, 9.17) is 0 Å². The number of rotatable bonds is 5. The highest BCUT2D eigenvalue weighted by Crippen LogP contribution is 2.41. The fourth-order valence-electron chi connectivity index (χ4n) is 5.20. The molecular formula is C26H26O6. The number of fused-ring (bicyclic) bond motifs is 1. The van der Waals surface area contributed by atoms with E-state index in [1.54, 1.807) is 6.07 Å². The fourth-order valence-corrected chi connectivity index (χ4v) is 5.20. The zero-order chi connectivity index (χ0) is 23.0. The van der Waals surface area contributed by atoms with Gasteiger partial charge in [-0.25, -0.2) is 0 Å². The number of carbonyl (C=O) groups is 3. The number of aliphatic hydroxyl groups is 2. The maximum Gasteiger partial charge on any atom is 0.175 e. The first-order chi connectivity index (χ1) is 15.3. The van der Waals surface area contributed by atoms with Crippen molar-refractivity contribution in [1.29, 1.82) is 0 Å². The summed E-state index contributed by atoms with van der Waals surface area (Å²) in [4.78, 5) is 37.3. The molecule has 0 spiro atoms. The molecule has 0 saturated carbocycles. The third-order valence-electron chi connectivity index (χ3n) is 6.65. The molecule has 0 bridgehead atoms. The van der Waals surface area contributed by atoms with Crippen molar-refractivity contribution in [3.8, 4) is 16.9 Å². The Morgan fingerprint density at radius 1 is 1.00 bits per heavy atom. The zero-order valence-electron chi connectivity index (χ0n) is 17.9. The topological polar surface area (TPSA) is 112 Å². The monoisotopic (exact) mass is 434 g/mol. The van der Waals surface area contributed by atoms with Crippen molar-refractivity contribution >= 4 is 17.3 Å². The summed E-state index contributed by atoms with van der Waals surface area (Å²) < 4.78 is 0. The third kappa shape index (κ3) is 3.98. The van der Waals surface area contributed by atoms with Crippen LogP contribution < -0.4 is 0 Å². The van der Waals surface area contributed by atoms with E-state index in [1.807, 2.05) is 36.4 Å². The number of ketones is 3. The summed E-state index contributed by atoms with van der Waals surface area (Å²) in [5, 5.41) is 30.6. The normalized spacial score (nSPS) is 23.2. The molecule has 2 aromatic rings. The van der Waals surface area contributed by atoms with Crippen LogP contribution in [-0.2, 0) is 16.0 Å². The van der Waals surface area contributed by atoms with Gasteiger partial charge >= 0.3 is 0 Å². The Bertz CT molecular complexity index is 1110. The van der Waals surface area contributed by atoms with Crippen molar-refractivity contribution in [2.24, 2.45) is 17.8 Å². The summed E-state index contributed by atoms with van der Waals surface area (Å²) in [6.07, 6.45) is 1.34. The summed E-state index contributed by atoms with van der Waals surface area (Å²) in [7, 11) is 0. The number of aromatic hydroxyl groups is 1. The number of aliphatic hydroxyl groups excluding tert-OH is 2. The lowest BCUT2D eigenvalue weighted by Gasteiger charge is -2.34. The van der Waals surface area contributed by atoms with Crippen molar-refractivity contribution in [3.05, 3.63) is 64.9 Å². The van der Waals surface area contributed by atoms with E-state index in [0.29, 0.717) is 18.4 Å². The third-order valence-corrected chi connectivity index (χ3v) is 6.65. The highest BCUT2D eigenvalue weighted by atomic mass is 16.3. The lowest BCUT2D eigenvalue weighted by molar-refractivity contribution is -0.127. The largest absolute Gasteiger partial charge is 0.511 e. The average Bonchev–Trinajstić information content (AvgIpc) is 2.73. The van der Waals surface area contributed by atoms with Gasteiger partial charge in [0.1, 0.15) is 11.5 Å². The number of phenolic OH excluding ortho intramolecular Hbond substituents is 1. The van der Waals surface area contributed by atoms with Crippen LogP contribution in [0, 0.1) is 17.8 Å². The summed E-state index contributed by atoms with van der Waals surface area (Å²) >= 11 is 0. The molecule has 0 amide bonds. The van der Waals surface area contributed by atoms with E-state index in [2.05, 4.69) is 0 Å². The fraction of sp³-hybridized carbons (Fsp3) is 0.346. The first-order valence-corrected chi connectivity index (χ1v) is 10.8. The second-order valence-corrected chi connectivity index (χ2v) is 8.82. The minimum absolute atomic E-state index is 0.0300. The number of Topliss-reactive ketones (excluding diaryl/α,β-unsaturated/α-hetero) is 3. The van der Waals surface area contributed by atoms with E-state index in [1.165, 1.54) is 6.92 Å². The molecule has 2 aliphatic rings. The molecule has 6 nitrogen and oxygen atoms in total. The zero-order valence-corrected chi connectivity index (χ0v) is 17.9. The SMILES string of the molecule is CC(=O)C1=C(O)CC(CC2CC(=O)c3c(O)cc(-c4ccccc4)cc3C2)C(CO)C1=O. The van der Waals surface area contributed by atoms with Crippen LogP contribution in [0.5, 0.6) is 5.75 Å². The molecule has 2 aliphatic carbocycles. The predicted molar refractivity (Wildman–Crippen MR) is 118 cm³/mol. The first-order valence-electron chi connectivity index (χ1n) is 10.8. The smallest absolute Gasteiger partial charge is 0.175 e. The molecule has 32 heavy (non-hydrogen) atoms. The molecule has 0 heterocycles. The summed E-state index contributed by atoms with van der Waals surface area (Å²) in [6.45, 7) is 0.815. The molecule has 0 fully saturated rings. The predicted octanol–water partition coefficient (Wildman–Crippen LogP) is 3.79. The van der Waals surface area contributed by atoms with Gasteiger partial charge in [0, 0.05) is 18.8 Å². The van der Waals surface area contributed by atoms with Crippen molar-refractivity contribution in [3.63, 3.8) is 0 Å². The van der Waals surface area contributed by atoms with Crippen LogP contribution in [-0.4, -0.2) is 39.3 Å². The highest BCUT2D eigenvalue weighted by molar-refractivity contribution is 6.21. The highest BCUT2D eigenvalue weighted by Gasteiger charge is 2.40. The van der Waals surface area contributed by atoms with Crippen LogP contribution >= 0.6 is 0 Å². The molecule has 0 radical (unpaired) electrons. The van der Waals surface area contributed by atoms with Gasteiger partial charge in [-0.1, -0.05) is 36.4 Å². The van der Waals surface area contributed by atoms with Gasteiger partial charge in [0.05, 0.1) is 17.7 Å². The summed E-state index contributed by atoms with van der Waals surface area (Å²) in [5.41, 5.74) is 2.65. The van der Waals surface area contributed by atoms with Gasteiger partial charge in [-0.15, -0.1) is 0 Å². The molecule has 6 heteroatoms. The summed E-state index contributed by atoms with van der Waals surface area (Å²) in [5.74, 6) is -2.68. The van der Waals surface area contributed by atoms with E-state index in [0.717, 1.165) is 16.7 Å².